The Hall–Kier alpha value is -2.29. The summed E-state index contributed by atoms with van der Waals surface area (Å²) in [6, 6.07) is 2.03. The number of furan rings is 1. The Bertz CT molecular complexity index is 1000. The van der Waals surface area contributed by atoms with Gasteiger partial charge in [-0.2, -0.15) is 0 Å². The molecule has 0 saturated heterocycles. The Morgan fingerprint density at radius 2 is 1.89 bits per heavy atom. The van der Waals surface area contributed by atoms with Gasteiger partial charge in [-0.3, -0.25) is 0 Å². The zero-order chi connectivity index (χ0) is 20.1. The van der Waals surface area contributed by atoms with Crippen LogP contribution in [0.1, 0.15) is 39.0 Å². The van der Waals surface area contributed by atoms with E-state index in [-0.39, 0.29) is 5.60 Å². The van der Waals surface area contributed by atoms with E-state index in [1.165, 1.54) is 6.33 Å². The normalized spacial score (nSPS) is 18.2. The van der Waals surface area contributed by atoms with E-state index >= 15 is 0 Å². The number of hydrogen-bond donors (Lipinski definition) is 2. The van der Waals surface area contributed by atoms with Gasteiger partial charge in [0.15, 0.2) is 11.4 Å². The first-order chi connectivity index (χ1) is 13.2. The molecule has 3 aromatic heterocycles. The third-order valence-electron chi connectivity index (χ3n) is 4.88. The van der Waals surface area contributed by atoms with Gasteiger partial charge in [-0.15, -0.1) is 0 Å². The average Bonchev–Trinajstić information content (AvgIpc) is 2.95. The lowest BCUT2D eigenvalue weighted by Gasteiger charge is -2.30. The molecule has 150 valence electrons. The topological polar surface area (TPSA) is 105 Å². The summed E-state index contributed by atoms with van der Waals surface area (Å²) in [5.74, 6) is 0.541. The Kier molecular flexibility index (Phi) is 4.73. The molecule has 0 saturated carbocycles. The van der Waals surface area contributed by atoms with Gasteiger partial charge in [0.2, 0.25) is 5.71 Å². The maximum atomic E-state index is 9.88. The van der Waals surface area contributed by atoms with Crippen molar-refractivity contribution in [2.75, 3.05) is 18.0 Å². The first-order valence-corrected chi connectivity index (χ1v) is 9.54. The van der Waals surface area contributed by atoms with Gasteiger partial charge in [0.25, 0.3) is 0 Å². The fraction of sp³-hybridized carbons (Fsp3) is 0.550. The second-order valence-electron chi connectivity index (χ2n) is 8.25. The summed E-state index contributed by atoms with van der Waals surface area (Å²) in [7, 11) is 0. The fourth-order valence-electron chi connectivity index (χ4n) is 3.68. The van der Waals surface area contributed by atoms with Crippen LogP contribution in [-0.2, 0) is 17.8 Å². The molecular formula is C20H26N4O4. The molecular weight excluding hydrogens is 360 g/mol. The number of aliphatic hydroxyl groups is 2. The average molecular weight is 386 g/mol. The van der Waals surface area contributed by atoms with E-state index in [1.54, 1.807) is 13.8 Å². The molecule has 2 N–H and O–H groups in total. The van der Waals surface area contributed by atoms with Crippen molar-refractivity contribution in [3.8, 4) is 0 Å². The number of anilines is 1. The summed E-state index contributed by atoms with van der Waals surface area (Å²) >= 11 is 0. The van der Waals surface area contributed by atoms with Crippen molar-refractivity contribution in [2.24, 2.45) is 0 Å². The van der Waals surface area contributed by atoms with Crippen LogP contribution >= 0.6 is 0 Å². The molecule has 28 heavy (non-hydrogen) atoms. The largest absolute Gasteiger partial charge is 0.432 e. The van der Waals surface area contributed by atoms with Crippen LogP contribution in [0.4, 0.5) is 5.82 Å². The molecule has 0 fully saturated rings. The standard InChI is InChI=1S/C20H26N4O4/c1-11(25)7-24(8-12(2)26)18-17-16(21-10-22-18)14-5-13-9-27-20(3,4)6-15(13)23-19(14)28-17/h5,10-12,25-26H,6-9H2,1-4H3/t11-,12-/m0/s1. The number of aromatic nitrogens is 3. The lowest BCUT2D eigenvalue weighted by molar-refractivity contribution is -0.0411. The van der Waals surface area contributed by atoms with E-state index < -0.39 is 12.2 Å². The third-order valence-corrected chi connectivity index (χ3v) is 4.88. The van der Waals surface area contributed by atoms with E-state index in [2.05, 4.69) is 9.97 Å². The molecule has 0 unspecified atom stereocenters. The van der Waals surface area contributed by atoms with Crippen molar-refractivity contribution in [1.82, 2.24) is 15.0 Å². The summed E-state index contributed by atoms with van der Waals surface area (Å²) in [6.45, 7) is 8.64. The van der Waals surface area contributed by atoms with Crippen LogP contribution in [0.5, 0.6) is 0 Å². The maximum Gasteiger partial charge on any atom is 0.229 e. The molecule has 0 bridgehead atoms. The van der Waals surface area contributed by atoms with Gasteiger partial charge in [-0.1, -0.05) is 0 Å². The number of rotatable bonds is 5. The smallest absolute Gasteiger partial charge is 0.229 e. The van der Waals surface area contributed by atoms with E-state index in [4.69, 9.17) is 14.1 Å². The van der Waals surface area contributed by atoms with Crippen LogP contribution in [0.3, 0.4) is 0 Å². The van der Waals surface area contributed by atoms with Gasteiger partial charge in [0, 0.05) is 25.1 Å². The minimum atomic E-state index is -0.585. The molecule has 4 heterocycles. The molecule has 3 aromatic rings. The van der Waals surface area contributed by atoms with Crippen molar-refractivity contribution >= 4 is 28.0 Å². The van der Waals surface area contributed by atoms with E-state index in [0.717, 1.165) is 16.6 Å². The number of nitrogens with zero attached hydrogens (tertiary/aromatic N) is 4. The van der Waals surface area contributed by atoms with E-state index in [0.29, 0.717) is 48.7 Å². The van der Waals surface area contributed by atoms with Crippen molar-refractivity contribution in [3.63, 3.8) is 0 Å². The van der Waals surface area contributed by atoms with Crippen LogP contribution < -0.4 is 4.90 Å². The van der Waals surface area contributed by atoms with Crippen LogP contribution in [0.25, 0.3) is 22.2 Å². The van der Waals surface area contributed by atoms with Gasteiger partial charge in [-0.05, 0) is 33.8 Å². The second-order valence-corrected chi connectivity index (χ2v) is 8.25. The van der Waals surface area contributed by atoms with Gasteiger partial charge in [-0.25, -0.2) is 15.0 Å². The first-order valence-electron chi connectivity index (χ1n) is 9.54. The monoisotopic (exact) mass is 386 g/mol. The van der Waals surface area contributed by atoms with Crippen LogP contribution in [0.2, 0.25) is 0 Å². The highest BCUT2D eigenvalue weighted by atomic mass is 16.5. The molecule has 2 atom stereocenters. The minimum Gasteiger partial charge on any atom is -0.432 e. The lowest BCUT2D eigenvalue weighted by Crippen LogP contribution is -2.37. The number of pyridine rings is 1. The predicted octanol–water partition coefficient (Wildman–Crippen LogP) is 2.19. The lowest BCUT2D eigenvalue weighted by atomic mass is 9.95. The van der Waals surface area contributed by atoms with Crippen LogP contribution in [0.15, 0.2) is 16.8 Å². The Morgan fingerprint density at radius 1 is 1.18 bits per heavy atom. The minimum absolute atomic E-state index is 0.254. The zero-order valence-electron chi connectivity index (χ0n) is 16.6. The predicted molar refractivity (Wildman–Crippen MR) is 105 cm³/mol. The molecule has 8 nitrogen and oxygen atoms in total. The summed E-state index contributed by atoms with van der Waals surface area (Å²) < 4.78 is 12.0. The molecule has 0 amide bonds. The Labute approximate surface area is 163 Å². The van der Waals surface area contributed by atoms with Gasteiger partial charge in [0.05, 0.1) is 35.5 Å². The zero-order valence-corrected chi connectivity index (χ0v) is 16.6. The van der Waals surface area contributed by atoms with Gasteiger partial charge in [0.1, 0.15) is 11.8 Å². The molecule has 0 aromatic carbocycles. The van der Waals surface area contributed by atoms with Crippen molar-refractivity contribution in [1.29, 1.82) is 0 Å². The highest BCUT2D eigenvalue weighted by molar-refractivity contribution is 6.04. The van der Waals surface area contributed by atoms with Gasteiger partial charge >= 0.3 is 0 Å². The molecule has 1 aliphatic heterocycles. The van der Waals surface area contributed by atoms with Gasteiger partial charge < -0.3 is 24.3 Å². The number of fused-ring (bicyclic) bond motifs is 4. The third kappa shape index (κ3) is 3.55. The summed E-state index contributed by atoms with van der Waals surface area (Å²) in [4.78, 5) is 15.3. The summed E-state index contributed by atoms with van der Waals surface area (Å²) in [6.07, 6.45) is 1.02. The molecule has 0 spiro atoms. The van der Waals surface area contributed by atoms with Crippen LogP contribution in [-0.4, -0.2) is 56.1 Å². The SMILES string of the molecule is C[C@H](O)CN(C[C@H](C)O)c1ncnc2c1oc1nc3c(cc12)COC(C)(C)C3. The number of aliphatic hydroxyl groups excluding tert-OH is 2. The molecule has 4 rings (SSSR count). The molecule has 0 aliphatic carbocycles. The van der Waals surface area contributed by atoms with Crippen LogP contribution in [0, 0.1) is 0 Å². The molecule has 1 aliphatic rings. The van der Waals surface area contributed by atoms with E-state index in [9.17, 15) is 10.2 Å². The highest BCUT2D eigenvalue weighted by Crippen LogP contribution is 2.35. The number of hydrogen-bond acceptors (Lipinski definition) is 8. The second kappa shape index (κ2) is 6.95. The van der Waals surface area contributed by atoms with Crippen molar-refractivity contribution in [2.45, 2.75) is 58.5 Å². The molecule has 0 radical (unpaired) electrons. The maximum absolute atomic E-state index is 9.88. The highest BCUT2D eigenvalue weighted by Gasteiger charge is 2.29. The Balaban J connectivity index is 1.85. The summed E-state index contributed by atoms with van der Waals surface area (Å²) in [5, 5.41) is 20.6. The Morgan fingerprint density at radius 3 is 2.57 bits per heavy atom. The number of ether oxygens (including phenoxy) is 1. The quantitative estimate of drug-likeness (QED) is 0.688. The van der Waals surface area contributed by atoms with Crippen molar-refractivity contribution in [3.05, 3.63) is 23.7 Å². The fourth-order valence-corrected chi connectivity index (χ4v) is 3.68. The van der Waals surface area contributed by atoms with E-state index in [1.807, 2.05) is 24.8 Å². The first kappa shape index (κ1) is 19.0. The van der Waals surface area contributed by atoms with Crippen molar-refractivity contribution < 1.29 is 19.4 Å². The molecule has 8 heteroatoms. The summed E-state index contributed by atoms with van der Waals surface area (Å²) in [5.41, 5.74) is 3.45.